The minimum absolute atomic E-state index is 0.0433. The molecule has 0 fully saturated rings. The van der Waals surface area contributed by atoms with Crippen molar-refractivity contribution in [3.8, 4) is 11.6 Å². The van der Waals surface area contributed by atoms with Crippen LogP contribution in [0, 0.1) is 3.57 Å². The van der Waals surface area contributed by atoms with Crippen molar-refractivity contribution in [2.75, 3.05) is 5.73 Å². The minimum Gasteiger partial charge on any atom is -0.437 e. The number of benzene rings is 1. The molecule has 0 aliphatic carbocycles. The van der Waals surface area contributed by atoms with Crippen LogP contribution in [-0.4, -0.2) is 9.97 Å². The van der Waals surface area contributed by atoms with Gasteiger partial charge in [0.05, 0.1) is 6.33 Å². The van der Waals surface area contributed by atoms with Gasteiger partial charge in [-0.15, -0.1) is 0 Å². The van der Waals surface area contributed by atoms with E-state index in [0.29, 0.717) is 0 Å². The Kier molecular flexibility index (Phi) is 3.88. The van der Waals surface area contributed by atoms with Gasteiger partial charge in [0, 0.05) is 5.69 Å². The summed E-state index contributed by atoms with van der Waals surface area (Å²) in [4.78, 5) is 17.3. The van der Waals surface area contributed by atoms with Crippen molar-refractivity contribution in [2.24, 2.45) is 0 Å². The third-order valence-corrected chi connectivity index (χ3v) is 3.23. The largest absolute Gasteiger partial charge is 0.437 e. The monoisotopic (exact) mass is 397 g/mol. The number of hydrogen-bond acceptors (Lipinski definition) is 4. The fourth-order valence-electron chi connectivity index (χ4n) is 1.40. The zero-order valence-corrected chi connectivity index (χ0v) is 11.8. The number of aromatic amines is 1. The van der Waals surface area contributed by atoms with Crippen LogP contribution in [0.25, 0.3) is 0 Å². The van der Waals surface area contributed by atoms with E-state index in [2.05, 4.69) is 9.97 Å². The summed E-state index contributed by atoms with van der Waals surface area (Å²) in [5.74, 6) is -0.674. The van der Waals surface area contributed by atoms with Crippen molar-refractivity contribution >= 4 is 28.3 Å². The Labute approximate surface area is 124 Å². The van der Waals surface area contributed by atoms with Crippen LogP contribution in [0.5, 0.6) is 11.6 Å². The summed E-state index contributed by atoms with van der Waals surface area (Å²) in [6.45, 7) is 0. The second-order valence-corrected chi connectivity index (χ2v) is 4.78. The van der Waals surface area contributed by atoms with Gasteiger partial charge in [-0.1, -0.05) is 0 Å². The molecule has 0 unspecified atom stereocenters. The number of aromatic nitrogens is 2. The number of halogens is 4. The first-order valence-corrected chi connectivity index (χ1v) is 6.24. The molecule has 0 bridgehead atoms. The van der Waals surface area contributed by atoms with E-state index in [1.807, 2.05) is 0 Å². The zero-order valence-electron chi connectivity index (χ0n) is 9.66. The molecule has 2 aromatic rings. The van der Waals surface area contributed by atoms with Crippen LogP contribution in [0.4, 0.5) is 18.9 Å². The standard InChI is InChI=1S/C11H7F3IN3O2/c12-11(13,14)6-3-5(16)1-2-7(6)20-10-8(15)9(19)17-4-18-10/h1-4H,16H2,(H,17,18,19). The van der Waals surface area contributed by atoms with E-state index >= 15 is 0 Å². The van der Waals surface area contributed by atoms with E-state index in [0.717, 1.165) is 18.5 Å². The number of rotatable bonds is 2. The predicted molar refractivity (Wildman–Crippen MR) is 73.5 cm³/mol. The highest BCUT2D eigenvalue weighted by Crippen LogP contribution is 2.39. The molecule has 106 valence electrons. The summed E-state index contributed by atoms with van der Waals surface area (Å²) in [6.07, 6.45) is -3.58. The number of nitrogen functional groups attached to an aromatic ring is 1. The highest BCUT2D eigenvalue weighted by Gasteiger charge is 2.35. The van der Waals surface area contributed by atoms with E-state index in [1.165, 1.54) is 6.07 Å². The summed E-state index contributed by atoms with van der Waals surface area (Å²) in [5, 5.41) is 0. The third kappa shape index (κ3) is 3.03. The maximum Gasteiger partial charge on any atom is 0.420 e. The van der Waals surface area contributed by atoms with Crippen LogP contribution < -0.4 is 16.0 Å². The molecule has 0 aliphatic rings. The van der Waals surface area contributed by atoms with E-state index in [-0.39, 0.29) is 15.1 Å². The van der Waals surface area contributed by atoms with Gasteiger partial charge in [-0.25, -0.2) is 4.98 Å². The fourth-order valence-corrected chi connectivity index (χ4v) is 1.81. The van der Waals surface area contributed by atoms with Crippen molar-refractivity contribution in [3.63, 3.8) is 0 Å². The van der Waals surface area contributed by atoms with Crippen molar-refractivity contribution in [3.05, 3.63) is 44.0 Å². The van der Waals surface area contributed by atoms with Gasteiger partial charge >= 0.3 is 6.18 Å². The van der Waals surface area contributed by atoms with E-state index in [9.17, 15) is 18.0 Å². The van der Waals surface area contributed by atoms with Gasteiger partial charge in [0.25, 0.3) is 5.56 Å². The molecule has 2 rings (SSSR count). The first-order valence-electron chi connectivity index (χ1n) is 5.17. The molecule has 0 saturated heterocycles. The number of nitrogens with two attached hydrogens (primary N) is 1. The molecule has 0 amide bonds. The zero-order chi connectivity index (χ0) is 14.9. The maximum absolute atomic E-state index is 12.9. The Balaban J connectivity index is 2.49. The smallest absolute Gasteiger partial charge is 0.420 e. The van der Waals surface area contributed by atoms with E-state index in [1.54, 1.807) is 22.6 Å². The minimum atomic E-state index is -4.63. The van der Waals surface area contributed by atoms with Crippen molar-refractivity contribution in [2.45, 2.75) is 6.18 Å². The first kappa shape index (κ1) is 14.6. The predicted octanol–water partition coefficient (Wildman–Crippen LogP) is 2.77. The molecule has 20 heavy (non-hydrogen) atoms. The van der Waals surface area contributed by atoms with Gasteiger partial charge in [-0.05, 0) is 40.8 Å². The van der Waals surface area contributed by atoms with Crippen molar-refractivity contribution < 1.29 is 17.9 Å². The Morgan fingerprint density at radius 1 is 1.35 bits per heavy atom. The van der Waals surface area contributed by atoms with Crippen LogP contribution in [0.2, 0.25) is 0 Å². The number of alkyl halides is 3. The second-order valence-electron chi connectivity index (χ2n) is 3.71. The van der Waals surface area contributed by atoms with Gasteiger partial charge in [0.15, 0.2) is 0 Å². The van der Waals surface area contributed by atoms with E-state index < -0.39 is 23.0 Å². The van der Waals surface area contributed by atoms with Gasteiger partial charge in [0.2, 0.25) is 5.88 Å². The normalized spacial score (nSPS) is 11.4. The SMILES string of the molecule is Nc1ccc(Oc2nc[nH]c(=O)c2I)c(C(F)(F)F)c1. The Morgan fingerprint density at radius 2 is 2.05 bits per heavy atom. The number of nitrogens with one attached hydrogen (secondary N) is 1. The number of anilines is 1. The average molecular weight is 397 g/mol. The molecule has 0 spiro atoms. The van der Waals surface area contributed by atoms with Crippen molar-refractivity contribution in [1.29, 1.82) is 0 Å². The number of ether oxygens (including phenoxy) is 1. The van der Waals surface area contributed by atoms with E-state index in [4.69, 9.17) is 10.5 Å². The molecule has 1 aromatic carbocycles. The average Bonchev–Trinajstić information content (AvgIpc) is 2.36. The third-order valence-electron chi connectivity index (χ3n) is 2.28. The molecule has 1 aromatic heterocycles. The fraction of sp³-hybridized carbons (Fsp3) is 0.0909. The topological polar surface area (TPSA) is 81.0 Å². The number of H-pyrrole nitrogens is 1. The number of hydrogen-bond donors (Lipinski definition) is 2. The van der Waals surface area contributed by atoms with Crippen LogP contribution in [0.15, 0.2) is 29.3 Å². The quantitative estimate of drug-likeness (QED) is 0.604. The molecular formula is C11H7F3IN3O2. The summed E-state index contributed by atoms with van der Waals surface area (Å²) < 4.78 is 43.8. The molecule has 0 aliphatic heterocycles. The Hall–Kier alpha value is -1.78. The lowest BCUT2D eigenvalue weighted by Gasteiger charge is -2.14. The molecule has 1 heterocycles. The van der Waals surface area contributed by atoms with Gasteiger partial charge in [0.1, 0.15) is 14.9 Å². The maximum atomic E-state index is 12.9. The summed E-state index contributed by atoms with van der Waals surface area (Å²) in [6, 6.07) is 3.11. The molecule has 0 atom stereocenters. The van der Waals surface area contributed by atoms with Gasteiger partial charge < -0.3 is 15.5 Å². The van der Waals surface area contributed by atoms with Crippen LogP contribution in [-0.2, 0) is 6.18 Å². The molecule has 3 N–H and O–H groups in total. The molecular weight excluding hydrogens is 390 g/mol. The van der Waals surface area contributed by atoms with Crippen LogP contribution >= 0.6 is 22.6 Å². The number of nitrogens with zero attached hydrogens (tertiary/aromatic N) is 1. The highest BCUT2D eigenvalue weighted by molar-refractivity contribution is 14.1. The lowest BCUT2D eigenvalue weighted by Crippen LogP contribution is -2.13. The lowest BCUT2D eigenvalue weighted by molar-refractivity contribution is -0.138. The Morgan fingerprint density at radius 3 is 2.70 bits per heavy atom. The van der Waals surface area contributed by atoms with Crippen LogP contribution in [0.1, 0.15) is 5.56 Å². The summed E-state index contributed by atoms with van der Waals surface area (Å²) >= 11 is 1.63. The summed E-state index contributed by atoms with van der Waals surface area (Å²) in [5.41, 5.74) is 3.77. The molecule has 9 heteroatoms. The first-order chi connectivity index (χ1) is 9.29. The molecule has 0 saturated carbocycles. The Bertz CT molecular complexity index is 700. The molecule has 5 nitrogen and oxygen atoms in total. The van der Waals surface area contributed by atoms with Crippen molar-refractivity contribution in [1.82, 2.24) is 9.97 Å². The van der Waals surface area contributed by atoms with Gasteiger partial charge in [-0.2, -0.15) is 13.2 Å². The molecule has 0 radical (unpaired) electrons. The summed E-state index contributed by atoms with van der Waals surface area (Å²) in [7, 11) is 0. The highest BCUT2D eigenvalue weighted by atomic mass is 127. The van der Waals surface area contributed by atoms with Crippen LogP contribution in [0.3, 0.4) is 0 Å². The van der Waals surface area contributed by atoms with Gasteiger partial charge in [-0.3, -0.25) is 4.79 Å². The lowest BCUT2D eigenvalue weighted by atomic mass is 10.1. The second kappa shape index (κ2) is 5.31.